The summed E-state index contributed by atoms with van der Waals surface area (Å²) in [7, 11) is 0. The van der Waals surface area contributed by atoms with E-state index in [4.69, 9.17) is 5.73 Å². The van der Waals surface area contributed by atoms with Gasteiger partial charge in [-0.1, -0.05) is 19.1 Å². The lowest BCUT2D eigenvalue weighted by molar-refractivity contribution is 0.0697. The van der Waals surface area contributed by atoms with E-state index in [1.165, 1.54) is 0 Å². The number of piperidine rings is 1. The summed E-state index contributed by atoms with van der Waals surface area (Å²) >= 11 is 0. The summed E-state index contributed by atoms with van der Waals surface area (Å²) in [5.74, 6) is 0.570. The molecule has 3 rings (SSSR count). The maximum absolute atomic E-state index is 12.6. The highest BCUT2D eigenvalue weighted by Gasteiger charge is 2.21. The third kappa shape index (κ3) is 5.31. The Kier molecular flexibility index (Phi) is 7.39. The van der Waals surface area contributed by atoms with Gasteiger partial charge in [0.1, 0.15) is 0 Å². The van der Waals surface area contributed by atoms with E-state index in [0.29, 0.717) is 29.3 Å². The molecule has 1 fully saturated rings. The van der Waals surface area contributed by atoms with Crippen molar-refractivity contribution in [2.75, 3.05) is 18.4 Å². The zero-order valence-electron chi connectivity index (χ0n) is 15.5. The molecular formula is C21H26ClN3O2. The van der Waals surface area contributed by atoms with Gasteiger partial charge in [0.2, 0.25) is 0 Å². The summed E-state index contributed by atoms with van der Waals surface area (Å²) < 4.78 is 0. The average molecular weight is 388 g/mol. The number of likely N-dealkylation sites (tertiary alicyclic amines) is 1. The minimum absolute atomic E-state index is 0. The van der Waals surface area contributed by atoms with Crippen molar-refractivity contribution < 1.29 is 9.59 Å². The number of hydrogen-bond donors (Lipinski definition) is 2. The maximum atomic E-state index is 12.6. The van der Waals surface area contributed by atoms with Crippen molar-refractivity contribution in [3.05, 3.63) is 65.2 Å². The summed E-state index contributed by atoms with van der Waals surface area (Å²) in [5, 5.41) is 2.85. The molecule has 0 atom stereocenters. The van der Waals surface area contributed by atoms with Crippen LogP contribution in [0.2, 0.25) is 0 Å². The van der Waals surface area contributed by atoms with Crippen molar-refractivity contribution >= 4 is 29.9 Å². The van der Waals surface area contributed by atoms with E-state index < -0.39 is 0 Å². The molecular weight excluding hydrogens is 362 g/mol. The Hall–Kier alpha value is -2.37. The number of carbonyl (C=O) groups excluding carboxylic acids is 2. The molecule has 1 saturated heterocycles. The van der Waals surface area contributed by atoms with Crippen LogP contribution in [0.15, 0.2) is 48.5 Å². The first-order valence-electron chi connectivity index (χ1n) is 9.06. The second-order valence-electron chi connectivity index (χ2n) is 6.91. The molecule has 0 spiro atoms. The van der Waals surface area contributed by atoms with Crippen LogP contribution in [-0.4, -0.2) is 29.8 Å². The van der Waals surface area contributed by atoms with Gasteiger partial charge in [-0.15, -0.1) is 12.4 Å². The van der Waals surface area contributed by atoms with Gasteiger partial charge in [-0.2, -0.15) is 0 Å². The maximum Gasteiger partial charge on any atom is 0.255 e. The minimum atomic E-state index is -0.183. The van der Waals surface area contributed by atoms with E-state index in [9.17, 15) is 9.59 Å². The van der Waals surface area contributed by atoms with Crippen LogP contribution in [0.3, 0.4) is 0 Å². The van der Waals surface area contributed by atoms with Crippen molar-refractivity contribution in [1.82, 2.24) is 4.90 Å². The smallest absolute Gasteiger partial charge is 0.255 e. The molecule has 1 aliphatic heterocycles. The van der Waals surface area contributed by atoms with Crippen molar-refractivity contribution in [3.63, 3.8) is 0 Å². The van der Waals surface area contributed by atoms with E-state index in [0.717, 1.165) is 31.5 Å². The Labute approximate surface area is 166 Å². The van der Waals surface area contributed by atoms with Gasteiger partial charge in [0.15, 0.2) is 0 Å². The number of carbonyl (C=O) groups is 2. The first kappa shape index (κ1) is 20.9. The number of nitrogens with two attached hydrogens (primary N) is 1. The highest BCUT2D eigenvalue weighted by atomic mass is 35.5. The van der Waals surface area contributed by atoms with Gasteiger partial charge in [-0.3, -0.25) is 9.59 Å². The number of nitrogens with zero attached hydrogens (tertiary/aromatic N) is 1. The van der Waals surface area contributed by atoms with Crippen LogP contribution < -0.4 is 11.1 Å². The number of benzene rings is 2. The number of hydrogen-bond acceptors (Lipinski definition) is 3. The molecule has 144 valence electrons. The number of nitrogens with one attached hydrogen (secondary N) is 1. The van der Waals surface area contributed by atoms with Crippen LogP contribution in [0.5, 0.6) is 0 Å². The Morgan fingerprint density at radius 3 is 2.11 bits per heavy atom. The van der Waals surface area contributed by atoms with E-state index in [1.807, 2.05) is 17.0 Å². The fraction of sp³-hybridized carbons (Fsp3) is 0.333. The van der Waals surface area contributed by atoms with E-state index >= 15 is 0 Å². The molecule has 6 heteroatoms. The highest BCUT2D eigenvalue weighted by Crippen LogP contribution is 2.19. The third-order valence-corrected chi connectivity index (χ3v) is 4.91. The summed E-state index contributed by atoms with van der Waals surface area (Å²) in [6.07, 6.45) is 2.12. The fourth-order valence-electron chi connectivity index (χ4n) is 3.09. The molecule has 27 heavy (non-hydrogen) atoms. The number of rotatable bonds is 4. The molecule has 5 nitrogen and oxygen atoms in total. The van der Waals surface area contributed by atoms with Crippen LogP contribution in [0, 0.1) is 5.92 Å². The van der Waals surface area contributed by atoms with Crippen LogP contribution in [-0.2, 0) is 6.54 Å². The lowest BCUT2D eigenvalue weighted by Crippen LogP contribution is -2.37. The Balaban J connectivity index is 0.00000261. The van der Waals surface area contributed by atoms with Crippen molar-refractivity contribution in [2.45, 2.75) is 26.3 Å². The molecule has 0 aromatic heterocycles. The second kappa shape index (κ2) is 9.53. The standard InChI is InChI=1S/C21H25N3O2.ClH/c1-15-10-12-24(13-11-15)21(26)18-6-8-19(9-7-18)23-20(25)17-4-2-16(14-22)3-5-17;/h2-9,15H,10-14,22H2,1H3,(H,23,25);1H. The van der Waals surface area contributed by atoms with Crippen LogP contribution >= 0.6 is 12.4 Å². The molecule has 0 aliphatic carbocycles. The lowest BCUT2D eigenvalue weighted by Gasteiger charge is -2.30. The molecule has 0 bridgehead atoms. The number of anilines is 1. The zero-order valence-corrected chi connectivity index (χ0v) is 16.3. The van der Waals surface area contributed by atoms with Gasteiger partial charge >= 0.3 is 0 Å². The topological polar surface area (TPSA) is 75.4 Å². The molecule has 3 N–H and O–H groups in total. The predicted molar refractivity (Wildman–Crippen MR) is 110 cm³/mol. The van der Waals surface area contributed by atoms with E-state index in [-0.39, 0.29) is 24.2 Å². The summed E-state index contributed by atoms with van der Waals surface area (Å²) in [4.78, 5) is 26.8. The molecule has 2 amide bonds. The molecule has 0 radical (unpaired) electrons. The zero-order chi connectivity index (χ0) is 18.5. The second-order valence-corrected chi connectivity index (χ2v) is 6.91. The summed E-state index contributed by atoms with van der Waals surface area (Å²) in [6.45, 7) is 4.31. The Morgan fingerprint density at radius 1 is 1.00 bits per heavy atom. The predicted octanol–water partition coefficient (Wildman–Crippen LogP) is 3.69. The SMILES string of the molecule is CC1CCN(C(=O)c2ccc(NC(=O)c3ccc(CN)cc3)cc2)CC1.Cl. The molecule has 0 saturated carbocycles. The Bertz CT molecular complexity index is 767. The fourth-order valence-corrected chi connectivity index (χ4v) is 3.09. The van der Waals surface area contributed by atoms with Crippen LogP contribution in [0.4, 0.5) is 5.69 Å². The van der Waals surface area contributed by atoms with Gasteiger partial charge in [0.05, 0.1) is 0 Å². The summed E-state index contributed by atoms with van der Waals surface area (Å²) in [6, 6.07) is 14.3. The first-order chi connectivity index (χ1) is 12.6. The van der Waals surface area contributed by atoms with Crippen LogP contribution in [0.1, 0.15) is 46.0 Å². The molecule has 1 heterocycles. The van der Waals surface area contributed by atoms with Gasteiger partial charge in [0.25, 0.3) is 11.8 Å². The van der Waals surface area contributed by atoms with E-state index in [2.05, 4.69) is 12.2 Å². The van der Waals surface area contributed by atoms with Gasteiger partial charge < -0.3 is 16.0 Å². The number of amides is 2. The van der Waals surface area contributed by atoms with E-state index in [1.54, 1.807) is 36.4 Å². The van der Waals surface area contributed by atoms with Gasteiger partial charge in [-0.05, 0) is 60.7 Å². The summed E-state index contributed by atoms with van der Waals surface area (Å²) in [5.41, 5.74) is 8.45. The first-order valence-corrected chi connectivity index (χ1v) is 9.06. The van der Waals surface area contributed by atoms with Gasteiger partial charge in [0, 0.05) is 36.4 Å². The quantitative estimate of drug-likeness (QED) is 0.839. The average Bonchev–Trinajstić information content (AvgIpc) is 2.68. The molecule has 2 aromatic rings. The largest absolute Gasteiger partial charge is 0.339 e. The number of halogens is 1. The lowest BCUT2D eigenvalue weighted by atomic mass is 9.98. The van der Waals surface area contributed by atoms with Crippen LogP contribution in [0.25, 0.3) is 0 Å². The highest BCUT2D eigenvalue weighted by molar-refractivity contribution is 6.04. The van der Waals surface area contributed by atoms with Crippen molar-refractivity contribution in [3.8, 4) is 0 Å². The molecule has 0 unspecified atom stereocenters. The Morgan fingerprint density at radius 2 is 1.56 bits per heavy atom. The molecule has 1 aliphatic rings. The monoisotopic (exact) mass is 387 g/mol. The normalized spacial score (nSPS) is 14.4. The van der Waals surface area contributed by atoms with Gasteiger partial charge in [-0.25, -0.2) is 0 Å². The molecule has 2 aromatic carbocycles. The minimum Gasteiger partial charge on any atom is -0.339 e. The third-order valence-electron chi connectivity index (χ3n) is 4.91. The van der Waals surface area contributed by atoms with Crippen molar-refractivity contribution in [2.24, 2.45) is 11.7 Å². The van der Waals surface area contributed by atoms with Crippen molar-refractivity contribution in [1.29, 1.82) is 0 Å².